The SMILES string of the molecule is Cc1ccc(N2CC(C(=O)NC3CCCC3(C)CO)CC2=O)cc1. The molecule has 0 radical (unpaired) electrons. The van der Waals surface area contributed by atoms with E-state index in [1.165, 1.54) is 0 Å². The second-order valence-corrected chi connectivity index (χ2v) is 7.51. The van der Waals surface area contributed by atoms with Gasteiger partial charge in [-0.3, -0.25) is 9.59 Å². The van der Waals surface area contributed by atoms with Crippen molar-refractivity contribution in [2.75, 3.05) is 18.1 Å². The Labute approximate surface area is 143 Å². The Morgan fingerprint density at radius 3 is 2.75 bits per heavy atom. The molecule has 2 N–H and O–H groups in total. The molecule has 0 bridgehead atoms. The largest absolute Gasteiger partial charge is 0.396 e. The lowest BCUT2D eigenvalue weighted by atomic mass is 9.85. The Balaban J connectivity index is 1.65. The van der Waals surface area contributed by atoms with E-state index in [9.17, 15) is 14.7 Å². The first-order valence-corrected chi connectivity index (χ1v) is 8.71. The van der Waals surface area contributed by atoms with Gasteiger partial charge in [-0.25, -0.2) is 0 Å². The summed E-state index contributed by atoms with van der Waals surface area (Å²) in [5.74, 6) is -0.387. The van der Waals surface area contributed by atoms with Crippen molar-refractivity contribution in [3.8, 4) is 0 Å². The molecule has 1 aliphatic heterocycles. The molecule has 2 aliphatic rings. The zero-order valence-corrected chi connectivity index (χ0v) is 14.4. The number of hydrogen-bond acceptors (Lipinski definition) is 3. The number of aliphatic hydroxyl groups is 1. The van der Waals surface area contributed by atoms with Crippen molar-refractivity contribution >= 4 is 17.5 Å². The average molecular weight is 330 g/mol. The van der Waals surface area contributed by atoms with Crippen molar-refractivity contribution in [1.29, 1.82) is 0 Å². The van der Waals surface area contributed by atoms with Gasteiger partial charge in [0.15, 0.2) is 0 Å². The summed E-state index contributed by atoms with van der Waals surface area (Å²) in [6.45, 7) is 4.53. The molecule has 0 aromatic heterocycles. The fourth-order valence-corrected chi connectivity index (χ4v) is 3.82. The Kier molecular flexibility index (Phi) is 4.63. The molecule has 1 aliphatic carbocycles. The van der Waals surface area contributed by atoms with E-state index >= 15 is 0 Å². The lowest BCUT2D eigenvalue weighted by Crippen LogP contribution is -2.47. The third-order valence-electron chi connectivity index (χ3n) is 5.60. The van der Waals surface area contributed by atoms with Gasteiger partial charge in [-0.15, -0.1) is 0 Å². The Morgan fingerprint density at radius 2 is 2.08 bits per heavy atom. The molecular formula is C19H26N2O3. The van der Waals surface area contributed by atoms with Gasteiger partial charge >= 0.3 is 0 Å². The highest BCUT2D eigenvalue weighted by Gasteiger charge is 2.42. The lowest BCUT2D eigenvalue weighted by Gasteiger charge is -2.30. The highest BCUT2D eigenvalue weighted by Crippen LogP contribution is 2.37. The summed E-state index contributed by atoms with van der Waals surface area (Å²) in [4.78, 5) is 26.6. The molecule has 3 unspecified atom stereocenters. The second-order valence-electron chi connectivity index (χ2n) is 7.51. The van der Waals surface area contributed by atoms with E-state index in [2.05, 4.69) is 5.32 Å². The van der Waals surface area contributed by atoms with E-state index in [-0.39, 0.29) is 42.2 Å². The Hall–Kier alpha value is -1.88. The third kappa shape index (κ3) is 3.18. The lowest BCUT2D eigenvalue weighted by molar-refractivity contribution is -0.127. The standard InChI is InChI=1S/C19H26N2O3/c1-13-5-7-15(8-6-13)21-11-14(10-17(21)23)18(24)20-16-4-3-9-19(16,2)12-22/h5-8,14,16,22H,3-4,9-12H2,1-2H3,(H,20,24). The Morgan fingerprint density at radius 1 is 1.38 bits per heavy atom. The van der Waals surface area contributed by atoms with Crippen LogP contribution in [0.5, 0.6) is 0 Å². The highest BCUT2D eigenvalue weighted by molar-refractivity contribution is 6.00. The first kappa shape index (κ1) is 17.0. The van der Waals surface area contributed by atoms with Crippen LogP contribution in [0.4, 0.5) is 5.69 Å². The van der Waals surface area contributed by atoms with Crippen molar-refractivity contribution in [3.05, 3.63) is 29.8 Å². The molecule has 3 atom stereocenters. The number of benzene rings is 1. The average Bonchev–Trinajstić information content (AvgIpc) is 3.12. The number of carbonyl (C=O) groups is 2. The molecule has 1 saturated carbocycles. The van der Waals surface area contributed by atoms with E-state index in [1.54, 1.807) is 4.90 Å². The van der Waals surface area contributed by atoms with Crippen LogP contribution in [0.2, 0.25) is 0 Å². The van der Waals surface area contributed by atoms with Crippen LogP contribution in [0.25, 0.3) is 0 Å². The fraction of sp³-hybridized carbons (Fsp3) is 0.579. The summed E-state index contributed by atoms with van der Waals surface area (Å²) in [7, 11) is 0. The number of aryl methyl sites for hydroxylation is 1. The number of anilines is 1. The van der Waals surface area contributed by atoms with E-state index in [0.29, 0.717) is 6.54 Å². The van der Waals surface area contributed by atoms with Gasteiger partial charge < -0.3 is 15.3 Å². The summed E-state index contributed by atoms with van der Waals surface area (Å²) in [5, 5.41) is 12.7. The van der Waals surface area contributed by atoms with Crippen LogP contribution >= 0.6 is 0 Å². The number of nitrogens with one attached hydrogen (secondary N) is 1. The number of amides is 2. The molecule has 130 valence electrons. The summed E-state index contributed by atoms with van der Waals surface area (Å²) in [5.41, 5.74) is 1.75. The molecule has 0 spiro atoms. The number of aliphatic hydroxyl groups excluding tert-OH is 1. The van der Waals surface area contributed by atoms with E-state index in [1.807, 2.05) is 38.1 Å². The van der Waals surface area contributed by atoms with Gasteiger partial charge in [-0.05, 0) is 31.9 Å². The van der Waals surface area contributed by atoms with E-state index in [0.717, 1.165) is 30.5 Å². The van der Waals surface area contributed by atoms with Crippen molar-refractivity contribution in [2.45, 2.75) is 45.6 Å². The van der Waals surface area contributed by atoms with Crippen LogP contribution in [0.3, 0.4) is 0 Å². The minimum atomic E-state index is -0.317. The fourth-order valence-electron chi connectivity index (χ4n) is 3.82. The van der Waals surface area contributed by atoms with Gasteiger partial charge in [-0.2, -0.15) is 0 Å². The predicted octanol–water partition coefficient (Wildman–Crippen LogP) is 2.02. The van der Waals surface area contributed by atoms with Crippen molar-refractivity contribution in [3.63, 3.8) is 0 Å². The second kappa shape index (κ2) is 6.55. The summed E-state index contributed by atoms with van der Waals surface area (Å²) in [6, 6.07) is 7.79. The van der Waals surface area contributed by atoms with Crippen LogP contribution in [0.15, 0.2) is 24.3 Å². The molecule has 5 nitrogen and oxygen atoms in total. The zero-order valence-electron chi connectivity index (χ0n) is 14.4. The molecular weight excluding hydrogens is 304 g/mol. The van der Waals surface area contributed by atoms with Gasteiger partial charge in [0.05, 0.1) is 12.5 Å². The Bertz CT molecular complexity index is 628. The van der Waals surface area contributed by atoms with Gasteiger partial charge in [0.1, 0.15) is 0 Å². The summed E-state index contributed by atoms with van der Waals surface area (Å²) in [6.07, 6.45) is 3.09. The molecule has 1 heterocycles. The van der Waals surface area contributed by atoms with Gasteiger partial charge in [0, 0.05) is 30.1 Å². The van der Waals surface area contributed by atoms with Gasteiger partial charge in [-0.1, -0.05) is 31.0 Å². The van der Waals surface area contributed by atoms with Crippen LogP contribution in [0, 0.1) is 18.3 Å². The van der Waals surface area contributed by atoms with Gasteiger partial charge in [0.25, 0.3) is 0 Å². The molecule has 2 fully saturated rings. The smallest absolute Gasteiger partial charge is 0.227 e. The maximum absolute atomic E-state index is 12.6. The molecule has 24 heavy (non-hydrogen) atoms. The molecule has 2 amide bonds. The third-order valence-corrected chi connectivity index (χ3v) is 5.60. The number of hydrogen-bond donors (Lipinski definition) is 2. The first-order valence-electron chi connectivity index (χ1n) is 8.71. The normalized spacial score (nSPS) is 30.0. The predicted molar refractivity (Wildman–Crippen MR) is 92.6 cm³/mol. The highest BCUT2D eigenvalue weighted by atomic mass is 16.3. The van der Waals surface area contributed by atoms with Gasteiger partial charge in [0.2, 0.25) is 11.8 Å². The van der Waals surface area contributed by atoms with Crippen LogP contribution in [-0.4, -0.2) is 36.1 Å². The van der Waals surface area contributed by atoms with E-state index < -0.39 is 0 Å². The maximum atomic E-state index is 12.6. The molecule has 1 aromatic rings. The van der Waals surface area contributed by atoms with Crippen LogP contribution in [-0.2, 0) is 9.59 Å². The monoisotopic (exact) mass is 330 g/mol. The minimum absolute atomic E-state index is 0.00136. The topological polar surface area (TPSA) is 69.6 Å². The molecule has 1 aromatic carbocycles. The number of nitrogens with zero attached hydrogens (tertiary/aromatic N) is 1. The quantitative estimate of drug-likeness (QED) is 0.887. The van der Waals surface area contributed by atoms with Crippen LogP contribution < -0.4 is 10.2 Å². The number of carbonyl (C=O) groups excluding carboxylic acids is 2. The minimum Gasteiger partial charge on any atom is -0.396 e. The van der Waals surface area contributed by atoms with Crippen molar-refractivity contribution in [2.24, 2.45) is 11.3 Å². The van der Waals surface area contributed by atoms with Crippen molar-refractivity contribution in [1.82, 2.24) is 5.32 Å². The van der Waals surface area contributed by atoms with Crippen LogP contribution in [0.1, 0.15) is 38.2 Å². The van der Waals surface area contributed by atoms with E-state index in [4.69, 9.17) is 0 Å². The summed E-state index contributed by atoms with van der Waals surface area (Å²) >= 11 is 0. The molecule has 5 heteroatoms. The summed E-state index contributed by atoms with van der Waals surface area (Å²) < 4.78 is 0. The van der Waals surface area contributed by atoms with Crippen molar-refractivity contribution < 1.29 is 14.7 Å². The zero-order chi connectivity index (χ0) is 17.3. The maximum Gasteiger partial charge on any atom is 0.227 e. The number of rotatable bonds is 4. The first-order chi connectivity index (χ1) is 11.4. The molecule has 3 rings (SSSR count). The molecule has 1 saturated heterocycles.